The highest BCUT2D eigenvalue weighted by Crippen LogP contribution is 2.31. The Morgan fingerprint density at radius 3 is 2.58 bits per heavy atom. The first kappa shape index (κ1) is 15.5. The van der Waals surface area contributed by atoms with E-state index in [9.17, 15) is 9.59 Å². The molecule has 0 radical (unpaired) electrons. The highest BCUT2D eigenvalue weighted by Gasteiger charge is 2.29. The number of amides is 2. The second-order valence-electron chi connectivity index (χ2n) is 6.26. The maximum Gasteiger partial charge on any atom is 0.265 e. The van der Waals surface area contributed by atoms with Crippen LogP contribution in [0.25, 0.3) is 15.3 Å². The van der Waals surface area contributed by atoms with Crippen molar-refractivity contribution in [3.05, 3.63) is 46.8 Å². The fourth-order valence-electron chi connectivity index (χ4n) is 2.78. The molecule has 0 unspecified atom stereocenters. The largest absolute Gasteiger partial charge is 0.326 e. The maximum absolute atomic E-state index is 12.5. The smallest absolute Gasteiger partial charge is 0.265 e. The van der Waals surface area contributed by atoms with E-state index < -0.39 is 0 Å². The Balaban J connectivity index is 1.31. The summed E-state index contributed by atoms with van der Waals surface area (Å²) in [6.45, 7) is 0. The lowest BCUT2D eigenvalue weighted by molar-refractivity contribution is -0.117. The Hall–Kier alpha value is -2.71. The molecule has 1 saturated carbocycles. The first-order valence-electron chi connectivity index (χ1n) is 8.25. The van der Waals surface area contributed by atoms with Gasteiger partial charge in [-0.1, -0.05) is 0 Å². The molecule has 1 aromatic carbocycles. The van der Waals surface area contributed by atoms with Gasteiger partial charge in [0.2, 0.25) is 5.91 Å². The van der Waals surface area contributed by atoms with Crippen molar-refractivity contribution < 1.29 is 9.59 Å². The molecule has 8 heteroatoms. The third-order valence-corrected chi connectivity index (χ3v) is 6.10. The Bertz CT molecular complexity index is 1140. The molecule has 1 aliphatic rings. The van der Waals surface area contributed by atoms with Crippen LogP contribution in [0.4, 0.5) is 11.4 Å². The first-order valence-corrected chi connectivity index (χ1v) is 9.94. The SMILES string of the molecule is O=C(Nc1ccc(NC(=O)C2CC2)cc1)c1cc2c(nc3sccn32)s1. The van der Waals surface area contributed by atoms with E-state index in [4.69, 9.17) is 0 Å². The zero-order valence-electron chi connectivity index (χ0n) is 13.6. The Kier molecular flexibility index (Phi) is 3.54. The van der Waals surface area contributed by atoms with Gasteiger partial charge >= 0.3 is 0 Å². The summed E-state index contributed by atoms with van der Waals surface area (Å²) in [4.78, 5) is 31.2. The van der Waals surface area contributed by atoms with E-state index in [1.165, 1.54) is 11.3 Å². The number of rotatable bonds is 4. The monoisotopic (exact) mass is 382 g/mol. The van der Waals surface area contributed by atoms with Gasteiger partial charge in [-0.3, -0.25) is 14.0 Å². The number of hydrogen-bond acceptors (Lipinski definition) is 5. The molecular formula is C18H14N4O2S2. The molecule has 4 aromatic rings. The van der Waals surface area contributed by atoms with Crippen LogP contribution in [-0.2, 0) is 4.79 Å². The van der Waals surface area contributed by atoms with Crippen LogP contribution in [0.1, 0.15) is 22.5 Å². The maximum atomic E-state index is 12.5. The van der Waals surface area contributed by atoms with Gasteiger partial charge in [-0.05, 0) is 43.2 Å². The van der Waals surface area contributed by atoms with Crippen LogP contribution in [0.3, 0.4) is 0 Å². The number of carbonyl (C=O) groups is 2. The van der Waals surface area contributed by atoms with Gasteiger partial charge in [0, 0.05) is 28.9 Å². The van der Waals surface area contributed by atoms with Crippen LogP contribution in [0, 0.1) is 5.92 Å². The fraction of sp³-hybridized carbons (Fsp3) is 0.167. The van der Waals surface area contributed by atoms with E-state index in [0.717, 1.165) is 33.8 Å². The standard InChI is InChI=1S/C18H14N4O2S2/c23-15(10-1-2-10)19-11-3-5-12(6-4-11)20-16(24)14-9-13-17(26-14)21-18-22(13)7-8-25-18/h3-10H,1-2H2,(H,19,23)(H,20,24). The number of thiazole rings is 1. The highest BCUT2D eigenvalue weighted by atomic mass is 32.1. The third-order valence-electron chi connectivity index (χ3n) is 4.32. The fourth-order valence-corrected chi connectivity index (χ4v) is 4.47. The molecule has 0 aliphatic heterocycles. The number of benzene rings is 1. The molecule has 3 heterocycles. The summed E-state index contributed by atoms with van der Waals surface area (Å²) in [6.07, 6.45) is 3.91. The minimum Gasteiger partial charge on any atom is -0.326 e. The van der Waals surface area contributed by atoms with Gasteiger partial charge in [-0.25, -0.2) is 4.98 Å². The summed E-state index contributed by atoms with van der Waals surface area (Å²) < 4.78 is 1.99. The lowest BCUT2D eigenvalue weighted by Crippen LogP contribution is -2.13. The average molecular weight is 382 g/mol. The topological polar surface area (TPSA) is 75.5 Å². The lowest BCUT2D eigenvalue weighted by atomic mass is 10.2. The van der Waals surface area contributed by atoms with E-state index in [0.29, 0.717) is 10.6 Å². The number of hydrogen-bond donors (Lipinski definition) is 2. The second-order valence-corrected chi connectivity index (χ2v) is 8.17. The van der Waals surface area contributed by atoms with Gasteiger partial charge in [0.25, 0.3) is 5.91 Å². The van der Waals surface area contributed by atoms with Crippen molar-refractivity contribution in [2.24, 2.45) is 5.92 Å². The van der Waals surface area contributed by atoms with E-state index in [-0.39, 0.29) is 17.7 Å². The number of nitrogens with one attached hydrogen (secondary N) is 2. The third kappa shape index (κ3) is 2.77. The number of imidazole rings is 1. The molecule has 1 aliphatic carbocycles. The summed E-state index contributed by atoms with van der Waals surface area (Å²) >= 11 is 2.96. The summed E-state index contributed by atoms with van der Waals surface area (Å²) in [5.74, 6) is 0.0814. The highest BCUT2D eigenvalue weighted by molar-refractivity contribution is 7.21. The number of nitrogens with zero attached hydrogens (tertiary/aromatic N) is 2. The molecule has 5 rings (SSSR count). The minimum absolute atomic E-state index is 0.0731. The summed E-state index contributed by atoms with van der Waals surface area (Å²) in [5, 5.41) is 7.75. The Labute approximate surface area is 156 Å². The van der Waals surface area contributed by atoms with Gasteiger partial charge in [-0.2, -0.15) is 0 Å². The molecule has 0 bridgehead atoms. The molecule has 3 aromatic heterocycles. The van der Waals surface area contributed by atoms with Crippen molar-refractivity contribution in [3.8, 4) is 0 Å². The van der Waals surface area contributed by atoms with Crippen molar-refractivity contribution >= 4 is 61.2 Å². The molecule has 2 N–H and O–H groups in total. The summed E-state index contributed by atoms with van der Waals surface area (Å²) in [5.41, 5.74) is 2.39. The Morgan fingerprint density at radius 1 is 1.12 bits per heavy atom. The molecule has 6 nitrogen and oxygen atoms in total. The number of thiophene rings is 1. The van der Waals surface area contributed by atoms with Gasteiger partial charge in [-0.15, -0.1) is 22.7 Å². The van der Waals surface area contributed by atoms with E-state index in [1.807, 2.05) is 22.0 Å². The van der Waals surface area contributed by atoms with Gasteiger partial charge in [0.05, 0.1) is 10.4 Å². The predicted molar refractivity (Wildman–Crippen MR) is 104 cm³/mol. The Morgan fingerprint density at radius 2 is 1.85 bits per heavy atom. The van der Waals surface area contributed by atoms with E-state index in [2.05, 4.69) is 15.6 Å². The molecule has 2 amide bonds. The van der Waals surface area contributed by atoms with Crippen molar-refractivity contribution in [1.29, 1.82) is 0 Å². The van der Waals surface area contributed by atoms with Crippen molar-refractivity contribution in [2.45, 2.75) is 12.8 Å². The normalized spacial score (nSPS) is 14.0. The molecular weight excluding hydrogens is 368 g/mol. The molecule has 0 saturated heterocycles. The van der Waals surface area contributed by atoms with Crippen LogP contribution in [0.2, 0.25) is 0 Å². The number of carbonyl (C=O) groups excluding carboxylic acids is 2. The van der Waals surface area contributed by atoms with Gasteiger partial charge < -0.3 is 10.6 Å². The first-order chi connectivity index (χ1) is 12.7. The number of fused-ring (bicyclic) bond motifs is 3. The van der Waals surface area contributed by atoms with Gasteiger partial charge in [0.15, 0.2) is 4.96 Å². The number of anilines is 2. The molecule has 0 atom stereocenters. The van der Waals surface area contributed by atoms with Crippen LogP contribution >= 0.6 is 22.7 Å². The molecule has 26 heavy (non-hydrogen) atoms. The van der Waals surface area contributed by atoms with Crippen LogP contribution in [0.5, 0.6) is 0 Å². The van der Waals surface area contributed by atoms with E-state index in [1.54, 1.807) is 35.6 Å². The molecule has 1 fully saturated rings. The average Bonchev–Trinajstić information content (AvgIpc) is 3.12. The number of aromatic nitrogens is 2. The quantitative estimate of drug-likeness (QED) is 0.555. The molecule has 130 valence electrons. The van der Waals surface area contributed by atoms with Crippen LogP contribution < -0.4 is 10.6 Å². The predicted octanol–water partition coefficient (Wildman–Crippen LogP) is 4.21. The van der Waals surface area contributed by atoms with Crippen LogP contribution in [-0.4, -0.2) is 21.2 Å². The zero-order chi connectivity index (χ0) is 17.7. The zero-order valence-corrected chi connectivity index (χ0v) is 15.2. The summed E-state index contributed by atoms with van der Waals surface area (Å²) in [6, 6.07) is 9.04. The van der Waals surface area contributed by atoms with Crippen molar-refractivity contribution in [1.82, 2.24) is 9.38 Å². The van der Waals surface area contributed by atoms with E-state index >= 15 is 0 Å². The van der Waals surface area contributed by atoms with Crippen molar-refractivity contribution in [3.63, 3.8) is 0 Å². The second kappa shape index (κ2) is 5.93. The van der Waals surface area contributed by atoms with Gasteiger partial charge in [0.1, 0.15) is 4.83 Å². The van der Waals surface area contributed by atoms with Crippen molar-refractivity contribution in [2.75, 3.05) is 10.6 Å². The molecule has 0 spiro atoms. The minimum atomic E-state index is -0.160. The summed E-state index contributed by atoms with van der Waals surface area (Å²) in [7, 11) is 0. The lowest BCUT2D eigenvalue weighted by Gasteiger charge is -2.07. The van der Waals surface area contributed by atoms with Crippen LogP contribution in [0.15, 0.2) is 41.9 Å².